The average Bonchev–Trinajstić information content (AvgIpc) is 3.25. The number of benzene rings is 2. The Hall–Kier alpha value is -2.84. The third kappa shape index (κ3) is 3.61. The fraction of sp³-hybridized carbons (Fsp3) is 0.158. The van der Waals surface area contributed by atoms with Crippen LogP contribution in [0.2, 0.25) is 5.02 Å². The fourth-order valence-corrected chi connectivity index (χ4v) is 3.78. The van der Waals surface area contributed by atoms with E-state index in [0.717, 1.165) is 22.2 Å². The van der Waals surface area contributed by atoms with E-state index < -0.39 is 0 Å². The highest BCUT2D eigenvalue weighted by Gasteiger charge is 2.35. The lowest BCUT2D eigenvalue weighted by atomic mass is 10.2. The molecule has 2 aliphatic heterocycles. The lowest BCUT2D eigenvalue weighted by Crippen LogP contribution is -2.33. The monoisotopic (exact) mass is 418 g/mol. The maximum Gasteiger partial charge on any atom is 0.295 e. The van der Waals surface area contributed by atoms with Crippen LogP contribution in [-0.4, -0.2) is 36.6 Å². The number of hydrogen-bond donors (Lipinski definition) is 1. The lowest BCUT2D eigenvalue weighted by Gasteiger charge is -2.16. The highest BCUT2D eigenvalue weighted by atomic mass is 35.5. The predicted octanol–water partition coefficient (Wildman–Crippen LogP) is 4.18. The molecule has 0 aliphatic carbocycles. The second-order valence-corrected chi connectivity index (χ2v) is 7.33. The maximum atomic E-state index is 12.7. The molecule has 2 amide bonds. The topological polar surface area (TPSA) is 77.1 Å². The first kappa shape index (κ1) is 18.5. The molecule has 0 unspecified atom stereocenters. The van der Waals surface area contributed by atoms with Crippen molar-refractivity contribution in [1.82, 2.24) is 4.90 Å². The summed E-state index contributed by atoms with van der Waals surface area (Å²) in [5.74, 6) is 1.46. The number of fused-ring (bicyclic) bond motifs is 1. The Labute approximate surface area is 170 Å². The molecule has 0 saturated carbocycles. The normalized spacial score (nSPS) is 16.8. The Balaban J connectivity index is 1.49. The van der Waals surface area contributed by atoms with Gasteiger partial charge in [0.25, 0.3) is 11.1 Å². The summed E-state index contributed by atoms with van der Waals surface area (Å²) in [6.45, 7) is 0.174. The number of nitrogens with zero attached hydrogens (tertiary/aromatic N) is 1. The molecule has 2 heterocycles. The van der Waals surface area contributed by atoms with Crippen molar-refractivity contribution in [3.8, 4) is 17.2 Å². The maximum absolute atomic E-state index is 12.7. The molecule has 4 rings (SSSR count). The van der Waals surface area contributed by atoms with Gasteiger partial charge in [-0.2, -0.15) is 0 Å². The molecule has 0 spiro atoms. The largest absolute Gasteiger partial charge is 0.495 e. The van der Waals surface area contributed by atoms with Gasteiger partial charge in [-0.15, -0.1) is 0 Å². The first-order valence-electron chi connectivity index (χ1n) is 8.27. The number of ether oxygens (including phenoxy) is 3. The highest BCUT2D eigenvalue weighted by Crippen LogP contribution is 2.36. The van der Waals surface area contributed by atoms with Crippen LogP contribution in [0.25, 0.3) is 6.08 Å². The minimum absolute atomic E-state index is 0.000151. The SMILES string of the molecule is COc1ccc(Cl)cc1NCN1C(=O)S/C(=C/c2ccc3c(c2)OCO3)C1=O. The Kier molecular flexibility index (Phi) is 5.06. The molecule has 1 saturated heterocycles. The molecular formula is C19H15ClN2O5S. The number of rotatable bonds is 5. The Morgan fingerprint density at radius 3 is 2.86 bits per heavy atom. The number of methoxy groups -OCH3 is 1. The molecule has 0 aromatic heterocycles. The molecule has 0 bridgehead atoms. The van der Waals surface area contributed by atoms with E-state index in [0.29, 0.717) is 32.9 Å². The van der Waals surface area contributed by atoms with Crippen LogP contribution in [0.5, 0.6) is 17.2 Å². The number of amides is 2. The third-order valence-corrected chi connectivity index (χ3v) is 5.30. The fourth-order valence-electron chi connectivity index (χ4n) is 2.77. The summed E-state index contributed by atoms with van der Waals surface area (Å²) >= 11 is 6.89. The Bertz CT molecular complexity index is 994. The summed E-state index contributed by atoms with van der Waals surface area (Å²) in [6.07, 6.45) is 1.66. The second kappa shape index (κ2) is 7.65. The molecule has 144 valence electrons. The van der Waals surface area contributed by atoms with Gasteiger partial charge in [-0.3, -0.25) is 14.5 Å². The zero-order chi connectivity index (χ0) is 19.7. The van der Waals surface area contributed by atoms with Gasteiger partial charge in [0.2, 0.25) is 6.79 Å². The molecule has 9 heteroatoms. The van der Waals surface area contributed by atoms with Gasteiger partial charge < -0.3 is 19.5 Å². The zero-order valence-corrected chi connectivity index (χ0v) is 16.3. The predicted molar refractivity (Wildman–Crippen MR) is 107 cm³/mol. The van der Waals surface area contributed by atoms with Crippen molar-refractivity contribution in [1.29, 1.82) is 0 Å². The molecule has 1 N–H and O–H groups in total. The van der Waals surface area contributed by atoms with Crippen LogP contribution in [0.3, 0.4) is 0 Å². The molecule has 2 aliphatic rings. The molecule has 0 radical (unpaired) electrons. The van der Waals surface area contributed by atoms with E-state index in [1.54, 1.807) is 42.5 Å². The van der Waals surface area contributed by atoms with E-state index in [2.05, 4.69) is 5.32 Å². The lowest BCUT2D eigenvalue weighted by molar-refractivity contribution is -0.122. The smallest absolute Gasteiger partial charge is 0.295 e. The van der Waals surface area contributed by atoms with Gasteiger partial charge in [0, 0.05) is 5.02 Å². The number of thioether (sulfide) groups is 1. The zero-order valence-electron chi connectivity index (χ0n) is 14.7. The summed E-state index contributed by atoms with van der Waals surface area (Å²) in [6, 6.07) is 10.4. The van der Waals surface area contributed by atoms with Crippen LogP contribution in [0.15, 0.2) is 41.3 Å². The quantitative estimate of drug-likeness (QED) is 0.729. The third-order valence-electron chi connectivity index (χ3n) is 4.16. The Morgan fingerprint density at radius 2 is 2.04 bits per heavy atom. The summed E-state index contributed by atoms with van der Waals surface area (Å²) in [7, 11) is 1.53. The number of anilines is 1. The number of halogens is 1. The second-order valence-electron chi connectivity index (χ2n) is 5.90. The van der Waals surface area contributed by atoms with Crippen molar-refractivity contribution in [3.05, 3.63) is 51.9 Å². The van der Waals surface area contributed by atoms with Crippen molar-refractivity contribution in [3.63, 3.8) is 0 Å². The van der Waals surface area contributed by atoms with Gasteiger partial charge in [-0.05, 0) is 53.7 Å². The molecule has 28 heavy (non-hydrogen) atoms. The van der Waals surface area contributed by atoms with Gasteiger partial charge >= 0.3 is 0 Å². The van der Waals surface area contributed by atoms with Crippen LogP contribution in [0.1, 0.15) is 5.56 Å². The van der Waals surface area contributed by atoms with Gasteiger partial charge in [0.15, 0.2) is 11.5 Å². The van der Waals surface area contributed by atoms with E-state index >= 15 is 0 Å². The van der Waals surface area contributed by atoms with Crippen LogP contribution < -0.4 is 19.5 Å². The minimum Gasteiger partial charge on any atom is -0.495 e. The molecule has 0 atom stereocenters. The van der Waals surface area contributed by atoms with E-state index in [1.165, 1.54) is 7.11 Å². The summed E-state index contributed by atoms with van der Waals surface area (Å²) in [4.78, 5) is 26.4. The van der Waals surface area contributed by atoms with Crippen molar-refractivity contribution >= 4 is 46.3 Å². The number of carbonyl (C=O) groups excluding carboxylic acids is 2. The van der Waals surface area contributed by atoms with Crippen molar-refractivity contribution in [2.24, 2.45) is 0 Å². The van der Waals surface area contributed by atoms with Gasteiger partial charge in [-0.25, -0.2) is 0 Å². The minimum atomic E-state index is -0.374. The summed E-state index contributed by atoms with van der Waals surface area (Å²) in [5.41, 5.74) is 1.34. The van der Waals surface area contributed by atoms with Gasteiger partial charge in [-0.1, -0.05) is 17.7 Å². The van der Waals surface area contributed by atoms with Gasteiger partial charge in [0.1, 0.15) is 5.75 Å². The average molecular weight is 419 g/mol. The standard InChI is InChI=1S/C19H15ClN2O5S/c1-25-14-5-3-12(20)8-13(14)21-9-22-18(23)17(28-19(22)24)7-11-2-4-15-16(6-11)27-10-26-15/h2-8,21H,9-10H2,1H3/b17-7+. The number of imide groups is 1. The van der Waals surface area contributed by atoms with Crippen molar-refractivity contribution < 1.29 is 23.8 Å². The van der Waals surface area contributed by atoms with E-state index in [9.17, 15) is 9.59 Å². The summed E-state index contributed by atoms with van der Waals surface area (Å²) < 4.78 is 15.9. The highest BCUT2D eigenvalue weighted by molar-refractivity contribution is 8.18. The number of carbonyl (C=O) groups is 2. The van der Waals surface area contributed by atoms with Crippen LogP contribution >= 0.6 is 23.4 Å². The molecule has 1 fully saturated rings. The van der Waals surface area contributed by atoms with Crippen LogP contribution in [0.4, 0.5) is 10.5 Å². The number of hydrogen-bond acceptors (Lipinski definition) is 7. The molecule has 2 aromatic carbocycles. The van der Waals surface area contributed by atoms with Gasteiger partial charge in [0.05, 0.1) is 24.4 Å². The number of nitrogens with one attached hydrogen (secondary N) is 1. The van der Waals surface area contributed by atoms with E-state index in [1.807, 2.05) is 0 Å². The Morgan fingerprint density at radius 1 is 1.21 bits per heavy atom. The van der Waals surface area contributed by atoms with Crippen molar-refractivity contribution in [2.75, 3.05) is 25.9 Å². The summed E-state index contributed by atoms with van der Waals surface area (Å²) in [5, 5.41) is 3.18. The van der Waals surface area contributed by atoms with E-state index in [4.69, 9.17) is 25.8 Å². The first-order chi connectivity index (χ1) is 13.5. The molecule has 7 nitrogen and oxygen atoms in total. The van der Waals surface area contributed by atoms with Crippen molar-refractivity contribution in [2.45, 2.75) is 0 Å². The van der Waals surface area contributed by atoms with E-state index in [-0.39, 0.29) is 24.6 Å². The molecule has 2 aromatic rings. The molecular weight excluding hydrogens is 404 g/mol. The van der Waals surface area contributed by atoms with Crippen LogP contribution in [-0.2, 0) is 4.79 Å². The van der Waals surface area contributed by atoms with Crippen LogP contribution in [0, 0.1) is 0 Å². The first-order valence-corrected chi connectivity index (χ1v) is 9.47.